The summed E-state index contributed by atoms with van der Waals surface area (Å²) in [5.74, 6) is 4.99. The van der Waals surface area contributed by atoms with Crippen molar-refractivity contribution in [2.75, 3.05) is 11.1 Å². The first-order valence-electron chi connectivity index (χ1n) is 4.75. The molecule has 0 unspecified atom stereocenters. The maximum Gasteiger partial charge on any atom is 0.234 e. The van der Waals surface area contributed by atoms with Gasteiger partial charge in [-0.15, -0.1) is 0 Å². The highest BCUT2D eigenvalue weighted by atomic mass is 79.9. The van der Waals surface area contributed by atoms with Crippen LogP contribution in [0.2, 0.25) is 0 Å². The number of amides is 1. The van der Waals surface area contributed by atoms with Gasteiger partial charge in [0.05, 0.1) is 5.75 Å². The number of nitrogens with two attached hydrogens (primary N) is 2. The number of aryl methyl sites for hydroxylation is 1. The van der Waals surface area contributed by atoms with Crippen LogP contribution < -0.4 is 16.9 Å². The van der Waals surface area contributed by atoms with E-state index < -0.39 is 0 Å². The number of hydrogen-bond donors (Lipinski definition) is 3. The SMILES string of the molecule is Cc1cc(Br)ccc1NC(=O)CSC(N)=NN. The zero-order valence-electron chi connectivity index (χ0n) is 9.24. The molecule has 0 saturated carbocycles. The standard InChI is InChI=1S/C10H13BrN4OS/c1-6-4-7(11)2-3-8(6)14-9(16)5-17-10(12)15-13/h2-4H,5,13H2,1H3,(H2,12,15)(H,14,16). The fraction of sp³-hybridized carbons (Fsp3) is 0.200. The molecule has 0 atom stereocenters. The van der Waals surface area contributed by atoms with Crippen molar-refractivity contribution in [3.63, 3.8) is 0 Å². The van der Waals surface area contributed by atoms with E-state index in [0.717, 1.165) is 27.5 Å². The second kappa shape index (κ2) is 6.51. The number of nitrogens with zero attached hydrogens (tertiary/aromatic N) is 1. The lowest BCUT2D eigenvalue weighted by Gasteiger charge is -2.08. The van der Waals surface area contributed by atoms with Gasteiger partial charge in [0, 0.05) is 10.2 Å². The molecule has 0 fully saturated rings. The van der Waals surface area contributed by atoms with Gasteiger partial charge in [0.2, 0.25) is 5.91 Å². The molecule has 1 amide bonds. The molecule has 17 heavy (non-hydrogen) atoms. The first-order valence-corrected chi connectivity index (χ1v) is 6.53. The van der Waals surface area contributed by atoms with Crippen molar-refractivity contribution in [2.45, 2.75) is 6.92 Å². The third-order valence-corrected chi connectivity index (χ3v) is 3.24. The van der Waals surface area contributed by atoms with E-state index in [4.69, 9.17) is 11.6 Å². The number of amidine groups is 1. The molecule has 0 aliphatic carbocycles. The average molecular weight is 317 g/mol. The summed E-state index contributed by atoms with van der Waals surface area (Å²) in [5.41, 5.74) is 7.13. The Bertz CT molecular complexity index is 450. The van der Waals surface area contributed by atoms with Gasteiger partial charge in [0.25, 0.3) is 0 Å². The van der Waals surface area contributed by atoms with Crippen LogP contribution >= 0.6 is 27.7 Å². The van der Waals surface area contributed by atoms with Crippen LogP contribution in [0.15, 0.2) is 27.8 Å². The number of hydrazone groups is 1. The number of nitrogens with one attached hydrogen (secondary N) is 1. The Hall–Kier alpha value is -1.21. The molecule has 1 aromatic rings. The van der Waals surface area contributed by atoms with Gasteiger partial charge in [0.15, 0.2) is 5.17 Å². The van der Waals surface area contributed by atoms with E-state index in [1.807, 2.05) is 25.1 Å². The first-order chi connectivity index (χ1) is 8.02. The molecular formula is C10H13BrN4OS. The maximum atomic E-state index is 11.6. The molecule has 0 spiro atoms. The van der Waals surface area contributed by atoms with Crippen molar-refractivity contribution in [3.8, 4) is 0 Å². The number of halogens is 1. The quantitative estimate of drug-likeness (QED) is 0.342. The van der Waals surface area contributed by atoms with Crippen molar-refractivity contribution in [2.24, 2.45) is 16.7 Å². The van der Waals surface area contributed by atoms with Crippen LogP contribution in [0.1, 0.15) is 5.56 Å². The molecule has 0 bridgehead atoms. The van der Waals surface area contributed by atoms with Crippen molar-refractivity contribution in [1.29, 1.82) is 0 Å². The number of rotatable bonds is 3. The van der Waals surface area contributed by atoms with Gasteiger partial charge in [0.1, 0.15) is 0 Å². The van der Waals surface area contributed by atoms with Crippen molar-refractivity contribution >= 4 is 44.5 Å². The van der Waals surface area contributed by atoms with E-state index in [2.05, 4.69) is 26.3 Å². The van der Waals surface area contributed by atoms with E-state index in [-0.39, 0.29) is 16.8 Å². The lowest BCUT2D eigenvalue weighted by Crippen LogP contribution is -2.18. The Morgan fingerprint density at radius 2 is 2.29 bits per heavy atom. The topological polar surface area (TPSA) is 93.5 Å². The molecule has 0 aliphatic rings. The summed E-state index contributed by atoms with van der Waals surface area (Å²) >= 11 is 4.45. The van der Waals surface area contributed by atoms with Gasteiger partial charge in [-0.25, -0.2) is 0 Å². The zero-order valence-corrected chi connectivity index (χ0v) is 11.6. The van der Waals surface area contributed by atoms with Crippen molar-refractivity contribution in [1.82, 2.24) is 0 Å². The van der Waals surface area contributed by atoms with Crippen LogP contribution in [0.25, 0.3) is 0 Å². The highest BCUT2D eigenvalue weighted by Gasteiger charge is 2.06. The third kappa shape index (κ3) is 4.66. The van der Waals surface area contributed by atoms with Crippen LogP contribution in [0.3, 0.4) is 0 Å². The van der Waals surface area contributed by atoms with E-state index >= 15 is 0 Å². The summed E-state index contributed by atoms with van der Waals surface area (Å²) in [6.07, 6.45) is 0. The highest BCUT2D eigenvalue weighted by Crippen LogP contribution is 2.20. The molecule has 0 heterocycles. The Balaban J connectivity index is 2.56. The first kappa shape index (κ1) is 13.9. The van der Waals surface area contributed by atoms with Gasteiger partial charge >= 0.3 is 0 Å². The van der Waals surface area contributed by atoms with Crippen LogP contribution in [0, 0.1) is 6.92 Å². The second-order valence-electron chi connectivity index (χ2n) is 3.26. The predicted octanol–water partition coefficient (Wildman–Crippen LogP) is 1.62. The fourth-order valence-corrected chi connectivity index (χ4v) is 2.03. The molecular weight excluding hydrogens is 304 g/mol. The predicted molar refractivity (Wildman–Crippen MR) is 75.8 cm³/mol. The summed E-state index contributed by atoms with van der Waals surface area (Å²) in [7, 11) is 0. The molecule has 5 nitrogen and oxygen atoms in total. The molecule has 0 saturated heterocycles. The van der Waals surface area contributed by atoms with Gasteiger partial charge in [-0.1, -0.05) is 27.7 Å². The number of carbonyl (C=O) groups is 1. The van der Waals surface area contributed by atoms with Gasteiger partial charge in [-0.05, 0) is 30.7 Å². The number of thioether (sulfide) groups is 1. The average Bonchev–Trinajstić information content (AvgIpc) is 2.29. The minimum Gasteiger partial charge on any atom is -0.377 e. The molecule has 1 rings (SSSR count). The summed E-state index contributed by atoms with van der Waals surface area (Å²) < 4.78 is 0.974. The summed E-state index contributed by atoms with van der Waals surface area (Å²) in [5, 5.41) is 6.24. The largest absolute Gasteiger partial charge is 0.377 e. The third-order valence-electron chi connectivity index (χ3n) is 1.94. The minimum absolute atomic E-state index is 0.146. The smallest absolute Gasteiger partial charge is 0.234 e. The Labute approximate surface area is 112 Å². The van der Waals surface area contributed by atoms with Crippen LogP contribution in [0.5, 0.6) is 0 Å². The summed E-state index contributed by atoms with van der Waals surface area (Å²) in [6, 6.07) is 5.63. The number of anilines is 1. The number of benzene rings is 1. The Morgan fingerprint density at radius 1 is 1.59 bits per heavy atom. The van der Waals surface area contributed by atoms with Crippen LogP contribution in [-0.4, -0.2) is 16.8 Å². The Kier molecular flexibility index (Phi) is 5.30. The highest BCUT2D eigenvalue weighted by molar-refractivity contribution is 9.10. The Morgan fingerprint density at radius 3 is 2.88 bits per heavy atom. The van der Waals surface area contributed by atoms with E-state index in [1.54, 1.807) is 0 Å². The summed E-state index contributed by atoms with van der Waals surface area (Å²) in [4.78, 5) is 11.6. The summed E-state index contributed by atoms with van der Waals surface area (Å²) in [6.45, 7) is 1.92. The lowest BCUT2D eigenvalue weighted by atomic mass is 10.2. The molecule has 1 aromatic carbocycles. The lowest BCUT2D eigenvalue weighted by molar-refractivity contribution is -0.113. The van der Waals surface area contributed by atoms with Gasteiger partial charge < -0.3 is 16.9 Å². The van der Waals surface area contributed by atoms with Crippen molar-refractivity contribution < 1.29 is 4.79 Å². The fourth-order valence-electron chi connectivity index (χ4n) is 1.13. The van der Waals surface area contributed by atoms with Crippen LogP contribution in [-0.2, 0) is 4.79 Å². The minimum atomic E-state index is -0.146. The number of hydrogen-bond acceptors (Lipinski definition) is 4. The van der Waals surface area contributed by atoms with E-state index in [1.165, 1.54) is 0 Å². The van der Waals surface area contributed by atoms with Crippen molar-refractivity contribution in [3.05, 3.63) is 28.2 Å². The second-order valence-corrected chi connectivity index (χ2v) is 5.17. The molecule has 0 radical (unpaired) electrons. The maximum absolute atomic E-state index is 11.6. The monoisotopic (exact) mass is 316 g/mol. The molecule has 0 aliphatic heterocycles. The zero-order chi connectivity index (χ0) is 12.8. The van der Waals surface area contributed by atoms with Gasteiger partial charge in [-0.2, -0.15) is 5.10 Å². The normalized spacial score (nSPS) is 11.3. The van der Waals surface area contributed by atoms with E-state index in [0.29, 0.717) is 0 Å². The molecule has 92 valence electrons. The van der Waals surface area contributed by atoms with E-state index in [9.17, 15) is 4.79 Å². The van der Waals surface area contributed by atoms with Gasteiger partial charge in [-0.3, -0.25) is 4.79 Å². The molecule has 0 aromatic heterocycles. The molecule has 5 N–H and O–H groups in total. The number of carbonyl (C=O) groups excluding carboxylic acids is 1. The van der Waals surface area contributed by atoms with Crippen LogP contribution in [0.4, 0.5) is 5.69 Å². The molecule has 7 heteroatoms.